The fraction of sp³-hybridized carbons (Fsp3) is 1.00. The van der Waals surface area contributed by atoms with E-state index < -0.39 is 0 Å². The van der Waals surface area contributed by atoms with E-state index in [0.29, 0.717) is 0 Å². The summed E-state index contributed by atoms with van der Waals surface area (Å²) in [6, 6.07) is 0. The van der Waals surface area contributed by atoms with E-state index in [0.717, 1.165) is 19.9 Å². The Labute approximate surface area is 55.9 Å². The quantitative estimate of drug-likeness (QED) is 0.392. The molecule has 0 aromatic rings. The summed E-state index contributed by atoms with van der Waals surface area (Å²) in [7, 11) is -0.222. The van der Waals surface area contributed by atoms with Crippen molar-refractivity contribution in [3.63, 3.8) is 0 Å². The van der Waals surface area contributed by atoms with Gasteiger partial charge in [0, 0.05) is 13.1 Å². The van der Waals surface area contributed by atoms with Gasteiger partial charge >= 0.3 is 0 Å². The maximum absolute atomic E-state index is 3.37. The summed E-state index contributed by atoms with van der Waals surface area (Å²) in [5, 5.41) is 10.1. The van der Waals surface area contributed by atoms with Crippen molar-refractivity contribution in [2.75, 3.05) is 26.4 Å². The van der Waals surface area contributed by atoms with Crippen LogP contribution in [0, 0.1) is 0 Å². The van der Waals surface area contributed by atoms with Crippen molar-refractivity contribution in [3.8, 4) is 0 Å². The molecule has 9 heavy (non-hydrogen) atoms. The van der Waals surface area contributed by atoms with Gasteiger partial charge in [-0.2, -0.15) is 0 Å². The highest BCUT2D eigenvalue weighted by Crippen LogP contribution is 2.23. The Balaban J connectivity index is 2.03. The van der Waals surface area contributed by atoms with Gasteiger partial charge in [0.15, 0.2) is 0 Å². The number of hydrogen-bond acceptors (Lipinski definition) is 4. The maximum Gasteiger partial charge on any atom is 0.113 e. The minimum absolute atomic E-state index is 0.222. The van der Waals surface area contributed by atoms with Crippen LogP contribution in [0.5, 0.6) is 0 Å². The van der Waals surface area contributed by atoms with Gasteiger partial charge < -0.3 is 0 Å². The Bertz CT molecular complexity index is 83.2. The van der Waals surface area contributed by atoms with Gasteiger partial charge in [0.1, 0.15) is 8.37 Å². The molecule has 3 fully saturated rings. The van der Waals surface area contributed by atoms with Gasteiger partial charge in [-0.25, -0.2) is 0 Å². The van der Waals surface area contributed by atoms with Crippen molar-refractivity contribution >= 4 is 8.37 Å². The average molecular weight is 146 g/mol. The van der Waals surface area contributed by atoms with E-state index >= 15 is 0 Å². The molecule has 0 aromatic carbocycles. The van der Waals surface area contributed by atoms with E-state index in [1.807, 2.05) is 0 Å². The van der Waals surface area contributed by atoms with Crippen molar-refractivity contribution in [2.24, 2.45) is 0 Å². The first-order valence-corrected chi connectivity index (χ1v) is 4.52. The molecule has 0 aromatic heterocycles. The lowest BCUT2D eigenvalue weighted by atomic mass is 10.6. The van der Waals surface area contributed by atoms with Gasteiger partial charge in [0.05, 0.1) is 13.3 Å². The van der Waals surface area contributed by atoms with Gasteiger partial charge in [-0.3, -0.25) is 20.2 Å². The summed E-state index contributed by atoms with van der Waals surface area (Å²) >= 11 is 0. The molecule has 0 amide bonds. The average Bonchev–Trinajstić information content (AvgIpc) is 2.21. The van der Waals surface area contributed by atoms with Crippen LogP contribution in [0.2, 0.25) is 0 Å². The normalized spacial score (nSPS) is 42.7. The molecule has 0 unspecified atom stereocenters. The van der Waals surface area contributed by atoms with Crippen LogP contribution in [0.1, 0.15) is 0 Å². The number of nitrogens with zero attached hydrogens (tertiary/aromatic N) is 1. The lowest BCUT2D eigenvalue weighted by molar-refractivity contribution is 0.274. The van der Waals surface area contributed by atoms with Gasteiger partial charge in [-0.05, 0) is 0 Å². The van der Waals surface area contributed by atoms with Crippen molar-refractivity contribution in [2.45, 2.75) is 0 Å². The second-order valence-corrected chi connectivity index (χ2v) is 3.89. The third kappa shape index (κ3) is 1.23. The molecule has 3 heterocycles. The minimum Gasteiger partial charge on any atom is -0.276 e. The molecule has 52 valence electrons. The Kier molecular flexibility index (Phi) is 1.66. The molecule has 4 nitrogen and oxygen atoms in total. The van der Waals surface area contributed by atoms with Gasteiger partial charge in [-0.15, -0.1) is 0 Å². The second kappa shape index (κ2) is 2.48. The summed E-state index contributed by atoms with van der Waals surface area (Å²) in [4.78, 5) is 2.35. The molecule has 0 radical (unpaired) electrons. The first kappa shape index (κ1) is 6.01. The number of hydrogen-bond donors (Lipinski definition) is 3. The van der Waals surface area contributed by atoms with Crippen LogP contribution in [0.25, 0.3) is 0 Å². The van der Waals surface area contributed by atoms with Gasteiger partial charge in [0.25, 0.3) is 0 Å². The monoisotopic (exact) mass is 146 g/mol. The maximum atomic E-state index is 3.37. The highest BCUT2D eigenvalue weighted by atomic mass is 31.1. The lowest BCUT2D eigenvalue weighted by Gasteiger charge is -2.27. The van der Waals surface area contributed by atoms with Crippen LogP contribution in [0.3, 0.4) is 0 Å². The van der Waals surface area contributed by atoms with E-state index in [1.165, 1.54) is 6.54 Å². The summed E-state index contributed by atoms with van der Waals surface area (Å²) in [5.41, 5.74) is 0. The Morgan fingerprint density at radius 2 is 1.89 bits per heavy atom. The molecule has 3 aliphatic rings. The standard InChI is InChI=1S/C4H11N4P/c1-2-8-3-6-9(5-1)7-4-8/h5-7H,1-4H2. The minimum atomic E-state index is -0.222. The van der Waals surface area contributed by atoms with Crippen LogP contribution >= 0.6 is 8.37 Å². The zero-order valence-corrected chi connectivity index (χ0v) is 6.12. The predicted octanol–water partition coefficient (Wildman–Crippen LogP) is -0.774. The topological polar surface area (TPSA) is 39.3 Å². The van der Waals surface area contributed by atoms with E-state index in [4.69, 9.17) is 0 Å². The third-order valence-corrected chi connectivity index (χ3v) is 3.06. The predicted molar refractivity (Wildman–Crippen MR) is 37.6 cm³/mol. The van der Waals surface area contributed by atoms with Crippen molar-refractivity contribution in [3.05, 3.63) is 0 Å². The first-order chi connectivity index (χ1) is 4.45. The summed E-state index contributed by atoms with van der Waals surface area (Å²) in [6.45, 7) is 4.38. The van der Waals surface area contributed by atoms with Crippen molar-refractivity contribution in [1.29, 1.82) is 0 Å². The molecule has 3 N–H and O–H groups in total. The van der Waals surface area contributed by atoms with Crippen LogP contribution in [0.15, 0.2) is 0 Å². The molecular formula is C4H11N4P. The SMILES string of the molecule is C1CN2CNP(N1)NC2. The lowest BCUT2D eigenvalue weighted by Crippen LogP contribution is -2.43. The third-order valence-electron chi connectivity index (χ3n) is 1.60. The number of nitrogens with one attached hydrogen (secondary N) is 3. The molecule has 3 rings (SSSR count). The van der Waals surface area contributed by atoms with E-state index in [2.05, 4.69) is 20.2 Å². The van der Waals surface area contributed by atoms with E-state index in [1.54, 1.807) is 0 Å². The Morgan fingerprint density at radius 1 is 1.11 bits per heavy atom. The molecule has 0 aliphatic carbocycles. The molecular weight excluding hydrogens is 135 g/mol. The molecule has 0 atom stereocenters. The van der Waals surface area contributed by atoms with Gasteiger partial charge in [-0.1, -0.05) is 0 Å². The van der Waals surface area contributed by atoms with Crippen LogP contribution < -0.4 is 15.3 Å². The van der Waals surface area contributed by atoms with Crippen molar-refractivity contribution in [1.82, 2.24) is 20.2 Å². The van der Waals surface area contributed by atoms with Crippen LogP contribution in [-0.4, -0.2) is 31.3 Å². The molecule has 2 bridgehead atoms. The number of rotatable bonds is 0. The smallest absolute Gasteiger partial charge is 0.113 e. The second-order valence-electron chi connectivity index (χ2n) is 2.27. The fourth-order valence-corrected chi connectivity index (χ4v) is 2.38. The Hall–Kier alpha value is 0.270. The zero-order valence-electron chi connectivity index (χ0n) is 5.22. The molecule has 0 spiro atoms. The van der Waals surface area contributed by atoms with Crippen LogP contribution in [-0.2, 0) is 0 Å². The number of fused-ring (bicyclic) bond motifs is 4. The van der Waals surface area contributed by atoms with Crippen LogP contribution in [0.4, 0.5) is 0 Å². The summed E-state index contributed by atoms with van der Waals surface area (Å²) in [5.74, 6) is 0. The first-order valence-electron chi connectivity index (χ1n) is 3.18. The summed E-state index contributed by atoms with van der Waals surface area (Å²) in [6.07, 6.45) is 0. The molecule has 0 saturated carbocycles. The highest BCUT2D eigenvalue weighted by Gasteiger charge is 2.20. The van der Waals surface area contributed by atoms with E-state index in [-0.39, 0.29) is 8.37 Å². The van der Waals surface area contributed by atoms with E-state index in [9.17, 15) is 0 Å². The molecule has 5 heteroatoms. The molecule has 3 aliphatic heterocycles. The highest BCUT2D eigenvalue weighted by molar-refractivity contribution is 7.51. The van der Waals surface area contributed by atoms with Crippen molar-refractivity contribution < 1.29 is 0 Å². The molecule has 3 saturated heterocycles. The zero-order chi connectivity index (χ0) is 6.10. The largest absolute Gasteiger partial charge is 0.276 e. The fourth-order valence-electron chi connectivity index (χ4n) is 1.04. The Morgan fingerprint density at radius 3 is 2.67 bits per heavy atom. The summed E-state index contributed by atoms with van der Waals surface area (Å²) < 4.78 is 0. The van der Waals surface area contributed by atoms with Gasteiger partial charge in [0.2, 0.25) is 0 Å².